The van der Waals surface area contributed by atoms with Gasteiger partial charge in [0.25, 0.3) is 0 Å². The smallest absolute Gasteiger partial charge is 0.317 e. The van der Waals surface area contributed by atoms with Gasteiger partial charge in [-0.3, -0.25) is 4.98 Å². The lowest BCUT2D eigenvalue weighted by Gasteiger charge is -2.32. The Bertz CT molecular complexity index is 704. The second-order valence-corrected chi connectivity index (χ2v) is 6.38. The molecule has 0 atom stereocenters. The molecule has 0 aliphatic carbocycles. The van der Waals surface area contributed by atoms with Crippen LogP contribution < -0.4 is 10.1 Å². The van der Waals surface area contributed by atoms with Gasteiger partial charge in [-0.15, -0.1) is 0 Å². The van der Waals surface area contributed by atoms with Crippen LogP contribution in [-0.2, 0) is 11.3 Å². The first-order chi connectivity index (χ1) is 13.2. The first-order valence-electron chi connectivity index (χ1n) is 9.12. The highest BCUT2D eigenvalue weighted by Crippen LogP contribution is 2.14. The minimum Gasteiger partial charge on any atom is -0.490 e. The quantitative estimate of drug-likeness (QED) is 0.758. The molecule has 0 unspecified atom stereocenters. The summed E-state index contributed by atoms with van der Waals surface area (Å²) in [6.45, 7) is 2.69. The summed E-state index contributed by atoms with van der Waals surface area (Å²) < 4.78 is 24.3. The van der Waals surface area contributed by atoms with Crippen molar-refractivity contribution in [2.75, 3.05) is 26.3 Å². The molecule has 27 heavy (non-hydrogen) atoms. The molecule has 3 rings (SSSR count). The molecule has 1 aliphatic rings. The van der Waals surface area contributed by atoms with Crippen LogP contribution in [0.3, 0.4) is 0 Å². The maximum absolute atomic E-state index is 12.9. The van der Waals surface area contributed by atoms with E-state index in [1.807, 2.05) is 12.1 Å². The third-order valence-electron chi connectivity index (χ3n) is 4.43. The van der Waals surface area contributed by atoms with E-state index < -0.39 is 0 Å². The van der Waals surface area contributed by atoms with Crippen molar-refractivity contribution >= 4 is 6.03 Å². The molecule has 1 N–H and O–H groups in total. The number of hydrogen-bond acceptors (Lipinski definition) is 4. The van der Waals surface area contributed by atoms with E-state index in [0.717, 1.165) is 24.2 Å². The number of urea groups is 1. The minimum absolute atomic E-state index is 0.0994. The van der Waals surface area contributed by atoms with E-state index in [4.69, 9.17) is 9.47 Å². The largest absolute Gasteiger partial charge is 0.490 e. The summed E-state index contributed by atoms with van der Waals surface area (Å²) in [7, 11) is 0. The predicted octanol–water partition coefficient (Wildman–Crippen LogP) is 2.99. The molecule has 0 radical (unpaired) electrons. The molecular weight excluding hydrogens is 349 g/mol. The number of aromatic nitrogens is 1. The molecule has 6 nitrogen and oxygen atoms in total. The normalized spacial score (nSPS) is 14.8. The number of nitrogens with one attached hydrogen (secondary N) is 1. The van der Waals surface area contributed by atoms with Crippen molar-refractivity contribution in [3.05, 3.63) is 60.2 Å². The molecule has 1 fully saturated rings. The molecule has 0 spiro atoms. The maximum Gasteiger partial charge on any atom is 0.317 e. The average Bonchev–Trinajstić information content (AvgIpc) is 2.72. The Balaban J connectivity index is 1.30. The number of hydrogen-bond donors (Lipinski definition) is 1. The molecule has 1 aromatic heterocycles. The van der Waals surface area contributed by atoms with Gasteiger partial charge < -0.3 is 19.7 Å². The van der Waals surface area contributed by atoms with Gasteiger partial charge in [0.2, 0.25) is 0 Å². The average molecular weight is 373 g/mol. The summed E-state index contributed by atoms with van der Waals surface area (Å²) in [5.74, 6) is 0.451. The first kappa shape index (κ1) is 19.1. The zero-order valence-electron chi connectivity index (χ0n) is 15.1. The number of halogens is 1. The molecule has 1 aromatic carbocycles. The highest BCUT2D eigenvalue weighted by atomic mass is 19.1. The number of piperidine rings is 1. The second kappa shape index (κ2) is 9.87. The number of amides is 2. The van der Waals surface area contributed by atoms with Crippen molar-refractivity contribution in [1.82, 2.24) is 15.2 Å². The van der Waals surface area contributed by atoms with Gasteiger partial charge in [-0.1, -0.05) is 12.1 Å². The fraction of sp³-hybridized carbons (Fsp3) is 0.400. The van der Waals surface area contributed by atoms with E-state index in [0.29, 0.717) is 32.8 Å². The van der Waals surface area contributed by atoms with Crippen LogP contribution in [0.25, 0.3) is 0 Å². The standard InChI is InChI=1S/C20H24FN3O3/c21-17-5-3-16(4-6-17)14-23-20(25)24-10-7-18(8-11-24)26-12-13-27-19-2-1-9-22-15-19/h1-6,9,15,18H,7-8,10-14H2,(H,23,25). The molecule has 0 saturated carbocycles. The monoisotopic (exact) mass is 373 g/mol. The van der Waals surface area contributed by atoms with E-state index in [2.05, 4.69) is 10.3 Å². The van der Waals surface area contributed by atoms with Gasteiger partial charge in [0.15, 0.2) is 0 Å². The lowest BCUT2D eigenvalue weighted by Crippen LogP contribution is -2.45. The van der Waals surface area contributed by atoms with Gasteiger partial charge >= 0.3 is 6.03 Å². The molecule has 1 saturated heterocycles. The number of benzene rings is 1. The first-order valence-corrected chi connectivity index (χ1v) is 9.12. The Kier molecular flexibility index (Phi) is 6.98. The predicted molar refractivity (Wildman–Crippen MR) is 98.9 cm³/mol. The van der Waals surface area contributed by atoms with Crippen molar-refractivity contribution in [3.8, 4) is 5.75 Å². The number of likely N-dealkylation sites (tertiary alicyclic amines) is 1. The summed E-state index contributed by atoms with van der Waals surface area (Å²) in [6, 6.07) is 9.71. The summed E-state index contributed by atoms with van der Waals surface area (Å²) in [5, 5.41) is 2.87. The Morgan fingerprint density at radius 3 is 2.67 bits per heavy atom. The Labute approximate surface area is 158 Å². The molecule has 7 heteroatoms. The van der Waals surface area contributed by atoms with Crippen molar-refractivity contribution in [3.63, 3.8) is 0 Å². The topological polar surface area (TPSA) is 63.7 Å². The molecule has 2 amide bonds. The minimum atomic E-state index is -0.280. The maximum atomic E-state index is 12.9. The number of nitrogens with zero attached hydrogens (tertiary/aromatic N) is 2. The Morgan fingerprint density at radius 2 is 1.96 bits per heavy atom. The van der Waals surface area contributed by atoms with Crippen LogP contribution >= 0.6 is 0 Å². The van der Waals surface area contributed by atoms with Crippen molar-refractivity contribution in [2.24, 2.45) is 0 Å². The summed E-state index contributed by atoms with van der Waals surface area (Å²) in [4.78, 5) is 18.0. The van der Waals surface area contributed by atoms with E-state index in [9.17, 15) is 9.18 Å². The van der Waals surface area contributed by atoms with Crippen LogP contribution in [0, 0.1) is 5.82 Å². The van der Waals surface area contributed by atoms with Crippen LogP contribution in [0.2, 0.25) is 0 Å². The fourth-order valence-electron chi connectivity index (χ4n) is 2.92. The van der Waals surface area contributed by atoms with Gasteiger partial charge in [-0.25, -0.2) is 9.18 Å². The van der Waals surface area contributed by atoms with Crippen LogP contribution in [0.1, 0.15) is 18.4 Å². The van der Waals surface area contributed by atoms with Gasteiger partial charge in [-0.2, -0.15) is 0 Å². The van der Waals surface area contributed by atoms with Crippen LogP contribution in [0.5, 0.6) is 5.75 Å². The van der Waals surface area contributed by atoms with Crippen molar-refractivity contribution in [2.45, 2.75) is 25.5 Å². The number of ether oxygens (including phenoxy) is 2. The van der Waals surface area contributed by atoms with Crippen molar-refractivity contribution < 1.29 is 18.7 Å². The molecule has 0 bridgehead atoms. The summed E-state index contributed by atoms with van der Waals surface area (Å²) in [5.41, 5.74) is 0.872. The summed E-state index contributed by atoms with van der Waals surface area (Å²) >= 11 is 0. The second-order valence-electron chi connectivity index (χ2n) is 6.38. The van der Waals surface area contributed by atoms with E-state index in [1.54, 1.807) is 29.4 Å². The highest BCUT2D eigenvalue weighted by molar-refractivity contribution is 5.74. The SMILES string of the molecule is O=C(NCc1ccc(F)cc1)N1CCC(OCCOc2cccnc2)CC1. The molecule has 144 valence electrons. The molecule has 2 heterocycles. The third-order valence-corrected chi connectivity index (χ3v) is 4.43. The lowest BCUT2D eigenvalue weighted by atomic mass is 10.1. The van der Waals surface area contributed by atoms with Gasteiger partial charge in [0.1, 0.15) is 18.2 Å². The van der Waals surface area contributed by atoms with Gasteiger partial charge in [0, 0.05) is 25.8 Å². The van der Waals surface area contributed by atoms with Crippen LogP contribution in [0.4, 0.5) is 9.18 Å². The van der Waals surface area contributed by atoms with Crippen molar-refractivity contribution in [1.29, 1.82) is 0 Å². The van der Waals surface area contributed by atoms with Crippen LogP contribution in [0.15, 0.2) is 48.8 Å². The zero-order chi connectivity index (χ0) is 18.9. The van der Waals surface area contributed by atoms with E-state index in [1.165, 1.54) is 12.1 Å². The number of pyridine rings is 1. The molecule has 2 aromatic rings. The third kappa shape index (κ3) is 6.21. The number of rotatable bonds is 7. The lowest BCUT2D eigenvalue weighted by molar-refractivity contribution is 0.00183. The fourth-order valence-corrected chi connectivity index (χ4v) is 2.92. The van der Waals surface area contributed by atoms with E-state index >= 15 is 0 Å². The molecular formula is C20H24FN3O3. The Morgan fingerprint density at radius 1 is 1.19 bits per heavy atom. The zero-order valence-corrected chi connectivity index (χ0v) is 15.1. The Hall–Kier alpha value is -2.67. The number of carbonyl (C=O) groups excluding carboxylic acids is 1. The van der Waals surface area contributed by atoms with Gasteiger partial charge in [0.05, 0.1) is 18.9 Å². The highest BCUT2D eigenvalue weighted by Gasteiger charge is 2.23. The van der Waals surface area contributed by atoms with E-state index in [-0.39, 0.29) is 18.0 Å². The molecule has 1 aliphatic heterocycles. The number of carbonyl (C=O) groups is 1. The summed E-state index contributed by atoms with van der Waals surface area (Å²) in [6.07, 6.45) is 5.12. The van der Waals surface area contributed by atoms with Gasteiger partial charge in [-0.05, 0) is 42.7 Å². The van der Waals surface area contributed by atoms with Crippen LogP contribution in [-0.4, -0.2) is 48.3 Å².